The average molecular weight is 369 g/mol. The Morgan fingerprint density at radius 2 is 1.78 bits per heavy atom. The van der Waals surface area contributed by atoms with Gasteiger partial charge in [0.1, 0.15) is 5.82 Å². The topological polar surface area (TPSA) is 67.6 Å². The van der Waals surface area contributed by atoms with Crippen LogP contribution in [0.5, 0.6) is 0 Å². The van der Waals surface area contributed by atoms with Gasteiger partial charge in [-0.25, -0.2) is 9.18 Å². The Morgan fingerprint density at radius 1 is 1.07 bits per heavy atom. The average Bonchev–Trinajstić information content (AvgIpc) is 3.08. The quantitative estimate of drug-likeness (QED) is 0.783. The number of urea groups is 1. The van der Waals surface area contributed by atoms with Gasteiger partial charge in [-0.05, 0) is 60.1 Å². The Kier molecular flexibility index (Phi) is 4.74. The molecule has 2 amide bonds. The molecule has 2 heterocycles. The van der Waals surface area contributed by atoms with Crippen molar-refractivity contribution < 1.29 is 13.9 Å². The number of ether oxygens (including phenoxy) is 1. The van der Waals surface area contributed by atoms with Gasteiger partial charge in [0.15, 0.2) is 0 Å². The van der Waals surface area contributed by atoms with Crippen LogP contribution < -0.4 is 11.1 Å². The van der Waals surface area contributed by atoms with E-state index < -0.39 is 0 Å². The molecule has 0 saturated carbocycles. The molecule has 4 rings (SSSR count). The predicted molar refractivity (Wildman–Crippen MR) is 104 cm³/mol. The van der Waals surface area contributed by atoms with E-state index >= 15 is 0 Å². The fourth-order valence-corrected chi connectivity index (χ4v) is 4.00. The lowest BCUT2D eigenvalue weighted by molar-refractivity contribution is 0.0211. The third kappa shape index (κ3) is 3.76. The first-order valence-electron chi connectivity index (χ1n) is 9.34. The summed E-state index contributed by atoms with van der Waals surface area (Å²) in [5.74, 6) is -0.279. The van der Waals surface area contributed by atoms with E-state index in [-0.39, 0.29) is 17.3 Å². The minimum absolute atomic E-state index is 0.124. The molecule has 2 aromatic carbocycles. The molecular formula is C21H24FN3O2. The molecule has 2 aliphatic rings. The number of benzene rings is 2. The second-order valence-corrected chi connectivity index (χ2v) is 7.52. The maximum absolute atomic E-state index is 13.2. The second-order valence-electron chi connectivity index (χ2n) is 7.52. The summed E-state index contributed by atoms with van der Waals surface area (Å²) in [4.78, 5) is 14.6. The van der Waals surface area contributed by atoms with E-state index in [1.807, 2.05) is 17.0 Å². The van der Waals surface area contributed by atoms with Crippen LogP contribution in [0, 0.1) is 11.2 Å². The normalized spacial score (nSPS) is 18.6. The summed E-state index contributed by atoms with van der Waals surface area (Å²) in [6, 6.07) is 11.6. The van der Waals surface area contributed by atoms with E-state index in [1.54, 1.807) is 18.2 Å². The smallest absolute Gasteiger partial charge is 0.321 e. The summed E-state index contributed by atoms with van der Waals surface area (Å²) in [7, 11) is 0. The highest BCUT2D eigenvalue weighted by atomic mass is 19.1. The Labute approximate surface area is 158 Å². The van der Waals surface area contributed by atoms with Crippen LogP contribution in [0.1, 0.15) is 19.3 Å². The molecule has 1 spiro atoms. The molecule has 6 heteroatoms. The number of hydrogen-bond donors (Lipinski definition) is 2. The van der Waals surface area contributed by atoms with E-state index in [0.717, 1.165) is 56.7 Å². The third-order valence-corrected chi connectivity index (χ3v) is 5.75. The van der Waals surface area contributed by atoms with Gasteiger partial charge < -0.3 is 20.7 Å². The molecule has 0 aliphatic carbocycles. The van der Waals surface area contributed by atoms with Crippen molar-refractivity contribution >= 4 is 17.4 Å². The van der Waals surface area contributed by atoms with Crippen molar-refractivity contribution in [2.24, 2.45) is 5.41 Å². The van der Waals surface area contributed by atoms with Gasteiger partial charge in [-0.15, -0.1) is 0 Å². The number of hydrogen-bond acceptors (Lipinski definition) is 3. The lowest BCUT2D eigenvalue weighted by Gasteiger charge is -2.33. The molecule has 2 aromatic rings. The molecule has 142 valence electrons. The largest absolute Gasteiger partial charge is 0.397 e. The Hall–Kier alpha value is -2.60. The van der Waals surface area contributed by atoms with Gasteiger partial charge in [0.25, 0.3) is 0 Å². The predicted octanol–water partition coefficient (Wildman–Crippen LogP) is 4.11. The van der Waals surface area contributed by atoms with E-state index in [2.05, 4.69) is 5.32 Å². The molecular weight excluding hydrogens is 345 g/mol. The molecule has 0 atom stereocenters. The summed E-state index contributed by atoms with van der Waals surface area (Å²) < 4.78 is 18.6. The summed E-state index contributed by atoms with van der Waals surface area (Å²) in [6.07, 6.45) is 3.05. The van der Waals surface area contributed by atoms with Gasteiger partial charge in [-0.1, -0.05) is 18.2 Å². The zero-order chi connectivity index (χ0) is 18.9. The number of carbonyl (C=O) groups excluding carboxylic acids is 1. The number of rotatable bonds is 2. The SMILES string of the molecule is Nc1ccc(-c2ccc(F)cc2)cc1NC(=O)N1CCC2(CCOCC2)C1. The van der Waals surface area contributed by atoms with Crippen molar-refractivity contribution in [1.29, 1.82) is 0 Å². The minimum atomic E-state index is -0.279. The summed E-state index contributed by atoms with van der Waals surface area (Å²) >= 11 is 0. The number of likely N-dealkylation sites (tertiary alicyclic amines) is 1. The number of carbonyl (C=O) groups is 1. The van der Waals surface area contributed by atoms with Gasteiger partial charge in [-0.2, -0.15) is 0 Å². The molecule has 0 bridgehead atoms. The van der Waals surface area contributed by atoms with Gasteiger partial charge in [0, 0.05) is 26.3 Å². The van der Waals surface area contributed by atoms with Crippen LogP contribution in [0.4, 0.5) is 20.6 Å². The van der Waals surface area contributed by atoms with Crippen LogP contribution in [0.2, 0.25) is 0 Å². The molecule has 0 unspecified atom stereocenters. The number of halogens is 1. The first kappa shape index (κ1) is 17.8. The van der Waals surface area contributed by atoms with E-state index in [0.29, 0.717) is 11.4 Å². The molecule has 2 aliphatic heterocycles. The third-order valence-electron chi connectivity index (χ3n) is 5.75. The lowest BCUT2D eigenvalue weighted by atomic mass is 9.80. The van der Waals surface area contributed by atoms with Crippen molar-refractivity contribution in [3.63, 3.8) is 0 Å². The Balaban J connectivity index is 1.48. The number of amides is 2. The van der Waals surface area contributed by atoms with Crippen LogP contribution >= 0.6 is 0 Å². The second kappa shape index (κ2) is 7.19. The molecule has 5 nitrogen and oxygen atoms in total. The zero-order valence-electron chi connectivity index (χ0n) is 15.2. The van der Waals surface area contributed by atoms with E-state index in [1.165, 1.54) is 12.1 Å². The van der Waals surface area contributed by atoms with Crippen molar-refractivity contribution in [3.8, 4) is 11.1 Å². The molecule has 2 fully saturated rings. The number of nitrogens with zero attached hydrogens (tertiary/aromatic N) is 1. The van der Waals surface area contributed by atoms with Crippen LogP contribution in [0.15, 0.2) is 42.5 Å². The highest BCUT2D eigenvalue weighted by molar-refractivity contribution is 5.94. The summed E-state index contributed by atoms with van der Waals surface area (Å²) in [5, 5.41) is 2.95. The minimum Gasteiger partial charge on any atom is -0.397 e. The lowest BCUT2D eigenvalue weighted by Crippen LogP contribution is -2.37. The van der Waals surface area contributed by atoms with E-state index in [9.17, 15) is 9.18 Å². The Bertz CT molecular complexity index is 832. The molecule has 0 aromatic heterocycles. The first-order chi connectivity index (χ1) is 13.0. The van der Waals surface area contributed by atoms with Gasteiger partial charge in [0.2, 0.25) is 0 Å². The highest BCUT2D eigenvalue weighted by Gasteiger charge is 2.41. The highest BCUT2D eigenvalue weighted by Crippen LogP contribution is 2.40. The van der Waals surface area contributed by atoms with Crippen molar-refractivity contribution in [2.45, 2.75) is 19.3 Å². The van der Waals surface area contributed by atoms with Crippen LogP contribution in [0.3, 0.4) is 0 Å². The molecule has 0 radical (unpaired) electrons. The van der Waals surface area contributed by atoms with Gasteiger partial charge in [-0.3, -0.25) is 0 Å². The fraction of sp³-hybridized carbons (Fsp3) is 0.381. The molecule has 3 N–H and O–H groups in total. The maximum Gasteiger partial charge on any atom is 0.321 e. The van der Waals surface area contributed by atoms with Crippen LogP contribution in [-0.2, 0) is 4.74 Å². The van der Waals surface area contributed by atoms with Crippen molar-refractivity contribution in [3.05, 3.63) is 48.3 Å². The Morgan fingerprint density at radius 3 is 2.52 bits per heavy atom. The number of nitrogens with one attached hydrogen (secondary N) is 1. The van der Waals surface area contributed by atoms with E-state index in [4.69, 9.17) is 10.5 Å². The number of nitrogens with two attached hydrogens (primary N) is 1. The number of anilines is 2. The van der Waals surface area contributed by atoms with Gasteiger partial charge in [0.05, 0.1) is 11.4 Å². The molecule has 27 heavy (non-hydrogen) atoms. The molecule has 2 saturated heterocycles. The fourth-order valence-electron chi connectivity index (χ4n) is 4.00. The monoisotopic (exact) mass is 369 g/mol. The van der Waals surface area contributed by atoms with Crippen molar-refractivity contribution in [1.82, 2.24) is 4.90 Å². The zero-order valence-corrected chi connectivity index (χ0v) is 15.2. The standard InChI is InChI=1S/C21H24FN3O2/c22-17-4-1-15(2-5-17)16-3-6-18(23)19(13-16)24-20(26)25-10-7-21(14-25)8-11-27-12-9-21/h1-6,13H,7-12,14,23H2,(H,24,26). The van der Waals surface area contributed by atoms with Crippen molar-refractivity contribution in [2.75, 3.05) is 37.4 Å². The van der Waals surface area contributed by atoms with Crippen LogP contribution in [-0.4, -0.2) is 37.2 Å². The number of nitrogen functional groups attached to an aromatic ring is 1. The van der Waals surface area contributed by atoms with Crippen LogP contribution in [0.25, 0.3) is 11.1 Å². The first-order valence-corrected chi connectivity index (χ1v) is 9.34. The maximum atomic E-state index is 13.2. The summed E-state index contributed by atoms with van der Waals surface area (Å²) in [6.45, 7) is 3.08. The van der Waals surface area contributed by atoms with Gasteiger partial charge >= 0.3 is 6.03 Å². The summed E-state index contributed by atoms with van der Waals surface area (Å²) in [5.41, 5.74) is 9.10.